The molecule has 0 saturated heterocycles. The first-order valence-electron chi connectivity index (χ1n) is 11.0. The van der Waals surface area contributed by atoms with Crippen LogP contribution in [0.4, 0.5) is 0 Å². The summed E-state index contributed by atoms with van der Waals surface area (Å²) < 4.78 is 10.1. The number of carbonyl (C=O) groups is 4. The predicted molar refractivity (Wildman–Crippen MR) is 128 cm³/mol. The number of nitrogens with zero attached hydrogens (tertiary/aromatic N) is 2. The molecule has 15 heteroatoms. The van der Waals surface area contributed by atoms with Gasteiger partial charge in [0.15, 0.2) is 0 Å². The summed E-state index contributed by atoms with van der Waals surface area (Å²) in [6.07, 6.45) is 0. The summed E-state index contributed by atoms with van der Waals surface area (Å²) in [7, 11) is 2.62. The van der Waals surface area contributed by atoms with Crippen molar-refractivity contribution in [1.82, 2.24) is 9.80 Å². The average Bonchev–Trinajstić information content (AvgIpc) is 2.83. The Morgan fingerprint density at radius 2 is 1.03 bits per heavy atom. The van der Waals surface area contributed by atoms with Gasteiger partial charge in [0.25, 0.3) is 0 Å². The Kier molecular flexibility index (Phi) is 12.5. The maximum Gasteiger partial charge on any atom is 2.00 e. The van der Waals surface area contributed by atoms with Crippen LogP contribution in [0.1, 0.15) is 23.2 Å². The number of aromatic hydroxyl groups is 2. The fourth-order valence-corrected chi connectivity index (χ4v) is 3.93. The van der Waals surface area contributed by atoms with E-state index >= 15 is 0 Å². The molecule has 6 N–H and O–H groups in total. The Labute approximate surface area is 233 Å². The van der Waals surface area contributed by atoms with E-state index < -0.39 is 73.6 Å². The van der Waals surface area contributed by atoms with Crippen molar-refractivity contribution in [3.8, 4) is 23.0 Å². The first-order valence-corrected chi connectivity index (χ1v) is 11.0. The third-order valence-electron chi connectivity index (χ3n) is 5.61. The fraction of sp³-hybridized carbons (Fsp3) is 0.333. The molecular weight excluding hydrogens is 563 g/mol. The molecule has 2 aromatic carbocycles. The number of carboxylic acids is 4. The van der Waals surface area contributed by atoms with E-state index in [2.05, 4.69) is 0 Å². The Balaban J connectivity index is 0.00000760. The summed E-state index contributed by atoms with van der Waals surface area (Å²) in [6.45, 7) is -2.61. The quantitative estimate of drug-likeness (QED) is 0.158. The largest absolute Gasteiger partial charge is 2.00 e. The molecule has 0 spiro atoms. The second-order valence-electron chi connectivity index (χ2n) is 8.06. The molecule has 1 unspecified atom stereocenters. The number of carboxylic acid groups (broad SMARTS) is 4. The molecule has 0 amide bonds. The topological polar surface area (TPSA) is 215 Å². The van der Waals surface area contributed by atoms with E-state index in [0.717, 1.165) is 9.80 Å². The van der Waals surface area contributed by atoms with Crippen molar-refractivity contribution in [3.05, 3.63) is 47.5 Å². The van der Waals surface area contributed by atoms with Gasteiger partial charge in [-0.25, -0.2) is 0 Å². The normalized spacial score (nSPS) is 12.3. The van der Waals surface area contributed by atoms with Gasteiger partial charge in [-0.3, -0.25) is 29.0 Å². The molecule has 2 aromatic rings. The molecule has 0 aromatic heterocycles. The molecule has 14 nitrogen and oxygen atoms in total. The summed E-state index contributed by atoms with van der Waals surface area (Å²) in [4.78, 5) is 49.6. The maximum absolute atomic E-state index is 12.2. The number of aliphatic carboxylic acids is 4. The standard InChI is InChI=1S/C24H28N2O12.Mn/c1-37-13-3-5-17(27)15(9-13)21(23(33)34)25(11-19(29)30)7-8-26(12-20(31)32)22(24(35)36)16-10-14(38-2)4-6-18(16)28;/h3-6,9-10,21-22,27-28H,7-8,11-12H2,1-2H3,(H,29,30)(H,31,32)(H,33,34)(H,35,36);/q;+2/t21-,22?;/m0./s1. The second kappa shape index (κ2) is 14.8. The van der Waals surface area contributed by atoms with Gasteiger partial charge in [0, 0.05) is 24.2 Å². The molecule has 0 bridgehead atoms. The van der Waals surface area contributed by atoms with Gasteiger partial charge in [0.2, 0.25) is 0 Å². The molecular formula is C24H28MnN2O12+2. The van der Waals surface area contributed by atoms with Crippen molar-refractivity contribution in [3.63, 3.8) is 0 Å². The van der Waals surface area contributed by atoms with E-state index in [-0.39, 0.29) is 39.7 Å². The van der Waals surface area contributed by atoms with Gasteiger partial charge in [0.1, 0.15) is 35.1 Å². The van der Waals surface area contributed by atoms with Gasteiger partial charge in [-0.1, -0.05) is 0 Å². The van der Waals surface area contributed by atoms with Crippen LogP contribution < -0.4 is 9.47 Å². The number of phenols is 2. The molecule has 2 atom stereocenters. The number of phenolic OH excluding ortho intramolecular Hbond substituents is 2. The minimum atomic E-state index is -1.72. The molecule has 1 radical (unpaired) electrons. The van der Waals surface area contributed by atoms with Crippen LogP contribution in [0.25, 0.3) is 0 Å². The van der Waals surface area contributed by atoms with Crippen LogP contribution in [0.3, 0.4) is 0 Å². The van der Waals surface area contributed by atoms with Crippen LogP contribution in [-0.4, -0.2) is 105 Å². The zero-order valence-electron chi connectivity index (χ0n) is 20.9. The molecule has 0 aliphatic carbocycles. The number of methoxy groups -OCH3 is 2. The fourth-order valence-electron chi connectivity index (χ4n) is 3.93. The Bertz CT molecular complexity index is 1100. The minimum Gasteiger partial charge on any atom is -0.508 e. The number of hydrogen-bond donors (Lipinski definition) is 6. The molecule has 0 aliphatic heterocycles. The van der Waals surface area contributed by atoms with Crippen LogP contribution in [0.5, 0.6) is 23.0 Å². The van der Waals surface area contributed by atoms with Gasteiger partial charge >= 0.3 is 40.9 Å². The number of ether oxygens (including phenoxy) is 2. The summed E-state index contributed by atoms with van der Waals surface area (Å²) >= 11 is 0. The molecule has 0 aliphatic rings. The van der Waals surface area contributed by atoms with E-state index in [4.69, 9.17) is 9.47 Å². The maximum atomic E-state index is 12.2. The first-order chi connectivity index (χ1) is 17.9. The monoisotopic (exact) mass is 591 g/mol. The smallest absolute Gasteiger partial charge is 0.508 e. The number of hydrogen-bond acceptors (Lipinski definition) is 10. The SMILES string of the molecule is COc1ccc(O)c(C(C(=O)O)N(CCN(CC(=O)O)[C@H](C(=O)O)c2cc(OC)ccc2O)CC(=O)O)c1.[Mn+2]. The van der Waals surface area contributed by atoms with Crippen LogP contribution in [0.15, 0.2) is 36.4 Å². The van der Waals surface area contributed by atoms with Crippen LogP contribution in [-0.2, 0) is 36.2 Å². The van der Waals surface area contributed by atoms with Crippen LogP contribution in [0, 0.1) is 0 Å². The third-order valence-corrected chi connectivity index (χ3v) is 5.61. The van der Waals surface area contributed by atoms with Gasteiger partial charge in [0.05, 0.1) is 27.3 Å². The van der Waals surface area contributed by atoms with Gasteiger partial charge < -0.3 is 40.1 Å². The van der Waals surface area contributed by atoms with E-state index in [1.807, 2.05) is 0 Å². The van der Waals surface area contributed by atoms with Crippen molar-refractivity contribution >= 4 is 23.9 Å². The molecule has 2 rings (SSSR count). The Morgan fingerprint density at radius 1 is 0.692 bits per heavy atom. The zero-order chi connectivity index (χ0) is 28.6. The van der Waals surface area contributed by atoms with E-state index in [1.54, 1.807) is 0 Å². The Hall–Kier alpha value is -4.04. The summed E-state index contributed by atoms with van der Waals surface area (Å²) in [6, 6.07) is 4.07. The first kappa shape index (κ1) is 33.0. The van der Waals surface area contributed by atoms with Crippen LogP contribution in [0.2, 0.25) is 0 Å². The van der Waals surface area contributed by atoms with Crippen molar-refractivity contribution in [2.45, 2.75) is 12.1 Å². The summed E-state index contributed by atoms with van der Waals surface area (Å²) in [5, 5.41) is 59.4. The molecule has 39 heavy (non-hydrogen) atoms. The number of rotatable bonds is 15. The van der Waals surface area contributed by atoms with Crippen LogP contribution >= 0.6 is 0 Å². The van der Waals surface area contributed by atoms with Crippen molar-refractivity contribution in [1.29, 1.82) is 0 Å². The van der Waals surface area contributed by atoms with Gasteiger partial charge in [-0.15, -0.1) is 0 Å². The zero-order valence-corrected chi connectivity index (χ0v) is 22.0. The summed E-state index contributed by atoms with van der Waals surface area (Å²) in [5.41, 5.74) is -0.383. The van der Waals surface area contributed by atoms with Crippen molar-refractivity contribution in [2.75, 3.05) is 40.4 Å². The second-order valence-corrected chi connectivity index (χ2v) is 8.06. The molecule has 0 heterocycles. The summed E-state index contributed by atoms with van der Waals surface area (Å²) in [5.74, 6) is -6.45. The number of benzene rings is 2. The molecule has 0 fully saturated rings. The van der Waals surface area contributed by atoms with Crippen molar-refractivity contribution < 1.29 is 76.4 Å². The predicted octanol–water partition coefficient (Wildman–Crippen LogP) is 0.837. The van der Waals surface area contributed by atoms with E-state index in [0.29, 0.717) is 0 Å². The van der Waals surface area contributed by atoms with E-state index in [1.165, 1.54) is 50.6 Å². The van der Waals surface area contributed by atoms with Crippen molar-refractivity contribution in [2.24, 2.45) is 0 Å². The Morgan fingerprint density at radius 3 is 1.28 bits per heavy atom. The molecule has 211 valence electrons. The van der Waals surface area contributed by atoms with E-state index in [9.17, 15) is 49.8 Å². The average molecular weight is 591 g/mol. The molecule has 0 saturated carbocycles. The van der Waals surface area contributed by atoms with Gasteiger partial charge in [-0.2, -0.15) is 0 Å². The van der Waals surface area contributed by atoms with Gasteiger partial charge in [-0.05, 0) is 36.4 Å². The third kappa shape index (κ3) is 8.75. The minimum absolute atomic E-state index is 0.